The molecule has 2 aromatic rings. The van der Waals surface area contributed by atoms with Crippen LogP contribution in [0.15, 0.2) is 42.5 Å². The van der Waals surface area contributed by atoms with E-state index >= 15 is 0 Å². The first-order valence-corrected chi connectivity index (χ1v) is 13.5. The van der Waals surface area contributed by atoms with E-state index in [1.54, 1.807) is 20.1 Å². The number of amides is 2. The van der Waals surface area contributed by atoms with Gasteiger partial charge in [-0.15, -0.1) is 0 Å². The van der Waals surface area contributed by atoms with Crippen molar-refractivity contribution in [2.45, 2.75) is 80.6 Å². The summed E-state index contributed by atoms with van der Waals surface area (Å²) >= 11 is 0. The monoisotopic (exact) mass is 535 g/mol. The van der Waals surface area contributed by atoms with Gasteiger partial charge in [0.05, 0.1) is 29.6 Å². The van der Waals surface area contributed by atoms with Crippen molar-refractivity contribution in [2.75, 3.05) is 7.11 Å². The predicted molar refractivity (Wildman–Crippen MR) is 159 cm³/mol. The molecule has 0 aliphatic rings. The van der Waals surface area contributed by atoms with Crippen LogP contribution in [0.25, 0.3) is 11.8 Å². The van der Waals surface area contributed by atoms with Gasteiger partial charge in [-0.25, -0.2) is 4.98 Å². The molecule has 0 aliphatic carbocycles. The first-order chi connectivity index (χ1) is 18.3. The number of rotatable bonds is 11. The maximum Gasteiger partial charge on any atom is 0.236 e. The highest BCUT2D eigenvalue weighted by molar-refractivity contribution is 5.99. The van der Waals surface area contributed by atoms with Crippen molar-refractivity contribution in [2.24, 2.45) is 11.1 Å². The van der Waals surface area contributed by atoms with Gasteiger partial charge in [-0.2, -0.15) is 0 Å². The predicted octanol–water partition coefficient (Wildman–Crippen LogP) is 6.43. The van der Waals surface area contributed by atoms with E-state index in [-0.39, 0.29) is 17.6 Å². The van der Waals surface area contributed by atoms with Crippen LogP contribution in [0.4, 0.5) is 0 Å². The van der Waals surface area contributed by atoms with E-state index in [1.807, 2.05) is 58.0 Å². The van der Waals surface area contributed by atoms with Crippen molar-refractivity contribution in [1.82, 2.24) is 10.3 Å². The maximum absolute atomic E-state index is 12.7. The highest BCUT2D eigenvalue weighted by Gasteiger charge is 2.35. The molecule has 1 atom stereocenters. The second kappa shape index (κ2) is 15.6. The first kappa shape index (κ1) is 33.3. The lowest BCUT2D eigenvalue weighted by atomic mass is 9.75. The van der Waals surface area contributed by atoms with Crippen molar-refractivity contribution >= 4 is 29.4 Å². The lowest BCUT2D eigenvalue weighted by Crippen LogP contribution is -2.42. The number of nitrogens with zero attached hydrogens (tertiary/aromatic N) is 1. The van der Waals surface area contributed by atoms with Gasteiger partial charge in [-0.1, -0.05) is 51.5 Å². The molecule has 212 valence electrons. The number of benzene rings is 1. The molecular formula is C32H45N3O4. The van der Waals surface area contributed by atoms with Crippen LogP contribution in [0, 0.1) is 12.3 Å². The fourth-order valence-electron chi connectivity index (χ4n) is 4.06. The van der Waals surface area contributed by atoms with E-state index in [0.717, 1.165) is 59.4 Å². The highest BCUT2D eigenvalue weighted by atomic mass is 16.5. The SMILES string of the molecule is C=C(N)c1ccc(C)c(/C=C(\CCCC)[C@@](C)(CC)C(=O)NC(C)=O)n1.CCc1ccc(OC)cc1C(C)=O. The summed E-state index contributed by atoms with van der Waals surface area (Å²) in [6, 6.07) is 9.40. The van der Waals surface area contributed by atoms with Crippen molar-refractivity contribution in [3.63, 3.8) is 0 Å². The Morgan fingerprint density at radius 3 is 2.28 bits per heavy atom. The van der Waals surface area contributed by atoms with Crippen LogP contribution in [0.2, 0.25) is 0 Å². The van der Waals surface area contributed by atoms with Gasteiger partial charge in [-0.05, 0) is 81.9 Å². The van der Waals surface area contributed by atoms with Crippen LogP contribution >= 0.6 is 0 Å². The Hall–Kier alpha value is -3.74. The van der Waals surface area contributed by atoms with Crippen molar-refractivity contribution in [3.8, 4) is 5.75 Å². The second-order valence-electron chi connectivity index (χ2n) is 9.83. The molecule has 0 aliphatic heterocycles. The minimum absolute atomic E-state index is 0.0933. The van der Waals surface area contributed by atoms with Gasteiger partial charge < -0.3 is 10.5 Å². The molecule has 0 saturated heterocycles. The third-order valence-corrected chi connectivity index (χ3v) is 6.86. The van der Waals surface area contributed by atoms with Crippen molar-refractivity contribution in [3.05, 3.63) is 70.6 Å². The number of hydrogen-bond donors (Lipinski definition) is 2. The minimum Gasteiger partial charge on any atom is -0.497 e. The molecule has 3 N–H and O–H groups in total. The summed E-state index contributed by atoms with van der Waals surface area (Å²) in [4.78, 5) is 40.0. The fraction of sp³-hybridized carbons (Fsp3) is 0.438. The van der Waals surface area contributed by atoms with Gasteiger partial charge in [0.2, 0.25) is 11.8 Å². The van der Waals surface area contributed by atoms with E-state index < -0.39 is 5.41 Å². The average Bonchev–Trinajstić information content (AvgIpc) is 2.90. The molecular weight excluding hydrogens is 490 g/mol. The summed E-state index contributed by atoms with van der Waals surface area (Å²) in [6.07, 6.45) is 6.17. The third-order valence-electron chi connectivity index (χ3n) is 6.86. The molecule has 0 bridgehead atoms. The largest absolute Gasteiger partial charge is 0.497 e. The highest BCUT2D eigenvalue weighted by Crippen LogP contribution is 2.36. The number of ketones is 1. The number of Topliss-reactive ketones (excluding diaryl/α,β-unsaturated/α-hetero) is 1. The standard InChI is InChI=1S/C21H31N3O2.C11H14O2/c1-7-9-10-17(21(6,8-2)20(26)23-16(5)25)13-19-14(3)11-12-18(24-19)15(4)22;1-4-9-5-6-10(13-3)7-11(9)8(2)12/h11-13H,4,7-10,22H2,1-3,5-6H3,(H,23,25,26);5-7H,4H2,1-3H3/b17-13+;/t21-;/m1./s1. The minimum atomic E-state index is -0.773. The molecule has 0 fully saturated rings. The van der Waals surface area contributed by atoms with E-state index in [9.17, 15) is 14.4 Å². The topological polar surface area (TPSA) is 111 Å². The number of carbonyl (C=O) groups is 3. The zero-order valence-corrected chi connectivity index (χ0v) is 24.9. The summed E-state index contributed by atoms with van der Waals surface area (Å²) in [5.74, 6) is 0.213. The van der Waals surface area contributed by atoms with Gasteiger partial charge in [0.15, 0.2) is 5.78 Å². The Labute approximate surface area is 233 Å². The van der Waals surface area contributed by atoms with E-state index in [4.69, 9.17) is 10.5 Å². The lowest BCUT2D eigenvalue weighted by molar-refractivity contribution is -0.134. The lowest BCUT2D eigenvalue weighted by Gasteiger charge is -2.30. The van der Waals surface area contributed by atoms with Gasteiger partial charge in [0.1, 0.15) is 5.75 Å². The smallest absolute Gasteiger partial charge is 0.236 e. The Morgan fingerprint density at radius 1 is 1.13 bits per heavy atom. The number of ether oxygens (including phenoxy) is 1. The Kier molecular flexibility index (Phi) is 13.3. The molecule has 0 saturated carbocycles. The van der Waals surface area contributed by atoms with Gasteiger partial charge in [-0.3, -0.25) is 19.7 Å². The molecule has 7 heteroatoms. The number of carbonyl (C=O) groups excluding carboxylic acids is 3. The number of aryl methyl sites for hydroxylation is 2. The van der Waals surface area contributed by atoms with Crippen LogP contribution in [-0.4, -0.2) is 29.7 Å². The first-order valence-electron chi connectivity index (χ1n) is 13.5. The van der Waals surface area contributed by atoms with Crippen LogP contribution < -0.4 is 15.8 Å². The number of aromatic nitrogens is 1. The number of hydrogen-bond acceptors (Lipinski definition) is 6. The zero-order chi connectivity index (χ0) is 29.8. The molecule has 1 aromatic carbocycles. The maximum atomic E-state index is 12.7. The Morgan fingerprint density at radius 2 is 1.79 bits per heavy atom. The molecule has 7 nitrogen and oxygen atoms in total. The quantitative estimate of drug-likeness (QED) is 0.321. The van der Waals surface area contributed by atoms with Crippen LogP contribution in [-0.2, 0) is 16.0 Å². The Balaban J connectivity index is 0.000000487. The second-order valence-corrected chi connectivity index (χ2v) is 9.83. The number of methoxy groups -OCH3 is 1. The molecule has 0 spiro atoms. The number of nitrogens with two attached hydrogens (primary N) is 1. The van der Waals surface area contributed by atoms with Crippen molar-refractivity contribution in [1.29, 1.82) is 0 Å². The fourth-order valence-corrected chi connectivity index (χ4v) is 4.06. The van der Waals surface area contributed by atoms with Crippen LogP contribution in [0.1, 0.15) is 100 Å². The molecule has 0 unspecified atom stereocenters. The van der Waals surface area contributed by atoms with E-state index in [1.165, 1.54) is 6.92 Å². The summed E-state index contributed by atoms with van der Waals surface area (Å²) in [6.45, 7) is 16.6. The van der Waals surface area contributed by atoms with Crippen LogP contribution in [0.5, 0.6) is 5.75 Å². The zero-order valence-electron chi connectivity index (χ0n) is 24.9. The summed E-state index contributed by atoms with van der Waals surface area (Å²) < 4.78 is 5.05. The molecule has 0 radical (unpaired) electrons. The van der Waals surface area contributed by atoms with Crippen molar-refractivity contribution < 1.29 is 19.1 Å². The molecule has 1 aromatic heterocycles. The normalized spacial score (nSPS) is 12.5. The molecule has 2 amide bonds. The van der Waals surface area contributed by atoms with E-state index in [2.05, 4.69) is 23.8 Å². The number of nitrogens with one attached hydrogen (secondary N) is 1. The summed E-state index contributed by atoms with van der Waals surface area (Å²) in [5, 5.41) is 2.45. The Bertz CT molecular complexity index is 1220. The number of pyridine rings is 1. The summed E-state index contributed by atoms with van der Waals surface area (Å²) in [7, 11) is 1.60. The average molecular weight is 536 g/mol. The van der Waals surface area contributed by atoms with Crippen LogP contribution in [0.3, 0.4) is 0 Å². The van der Waals surface area contributed by atoms with E-state index in [0.29, 0.717) is 17.8 Å². The number of imide groups is 1. The molecule has 39 heavy (non-hydrogen) atoms. The third kappa shape index (κ3) is 9.50. The van der Waals surface area contributed by atoms with Gasteiger partial charge in [0, 0.05) is 12.5 Å². The number of unbranched alkanes of at least 4 members (excludes halogenated alkanes) is 1. The van der Waals surface area contributed by atoms with Gasteiger partial charge >= 0.3 is 0 Å². The molecule has 2 rings (SSSR count). The van der Waals surface area contributed by atoms with Gasteiger partial charge in [0.25, 0.3) is 0 Å². The molecule has 1 heterocycles. The summed E-state index contributed by atoms with van der Waals surface area (Å²) in [5.41, 5.74) is 10.6.